The van der Waals surface area contributed by atoms with Crippen molar-refractivity contribution in [1.29, 1.82) is 0 Å². The minimum absolute atomic E-state index is 0. The van der Waals surface area contributed by atoms with Gasteiger partial charge in [0.05, 0.1) is 13.1 Å². The third-order valence-electron chi connectivity index (χ3n) is 2.02. The van der Waals surface area contributed by atoms with Crippen LogP contribution in [0.3, 0.4) is 0 Å². The maximum absolute atomic E-state index is 10.9. The van der Waals surface area contributed by atoms with E-state index in [1.54, 1.807) is 0 Å². The molecule has 104 valence electrons. The van der Waals surface area contributed by atoms with Crippen LogP contribution in [0.4, 0.5) is 0 Å². The fraction of sp³-hybridized carbons (Fsp3) is 0.556. The molecule has 0 rings (SSSR count). The maximum Gasteiger partial charge on any atom is 1.00 e. The molecule has 1 unspecified atom stereocenters. The summed E-state index contributed by atoms with van der Waals surface area (Å²) < 4.78 is 0. The van der Waals surface area contributed by atoms with Gasteiger partial charge in [-0.25, -0.2) is 0 Å². The van der Waals surface area contributed by atoms with Gasteiger partial charge < -0.3 is 25.2 Å². The third kappa shape index (κ3) is 16.4. The van der Waals surface area contributed by atoms with E-state index in [4.69, 9.17) is 15.3 Å². The number of aliphatic carboxylic acids is 4. The van der Waals surface area contributed by atoms with Crippen molar-refractivity contribution in [3.8, 4) is 0 Å². The minimum Gasteiger partial charge on any atom is -0.550 e. The van der Waals surface area contributed by atoms with E-state index in [2.05, 4.69) is 0 Å². The first-order chi connectivity index (χ1) is 8.23. The van der Waals surface area contributed by atoms with Gasteiger partial charge in [0.15, 0.2) is 0 Å². The van der Waals surface area contributed by atoms with Crippen molar-refractivity contribution in [2.24, 2.45) is 0 Å². The number of carbonyl (C=O) groups is 4. The van der Waals surface area contributed by atoms with Gasteiger partial charge in [-0.3, -0.25) is 19.3 Å². The van der Waals surface area contributed by atoms with Gasteiger partial charge in [0, 0.05) is 25.4 Å². The Kier molecular flexibility index (Phi) is 24.2. The van der Waals surface area contributed by atoms with E-state index in [9.17, 15) is 24.3 Å². The Morgan fingerprint density at radius 1 is 0.952 bits per heavy atom. The summed E-state index contributed by atoms with van der Waals surface area (Å²) in [6.07, 6.45) is -1.04. The second-order valence-corrected chi connectivity index (χ2v) is 3.46. The summed E-state index contributed by atoms with van der Waals surface area (Å²) in [5.41, 5.74) is 0. The number of carboxylic acids is 4. The second-order valence-electron chi connectivity index (χ2n) is 3.46. The van der Waals surface area contributed by atoms with Crippen LogP contribution in [0, 0.1) is 0 Å². The summed E-state index contributed by atoms with van der Waals surface area (Å²) in [7, 11) is 0. The molecule has 1 atom stereocenters. The number of nitrogens with zero attached hydrogens (tertiary/aromatic N) is 1. The number of carbonyl (C=O) groups excluding carboxylic acids is 1. The molecule has 0 amide bonds. The normalized spacial score (nSPS) is 10.3. The third-order valence-corrected chi connectivity index (χ3v) is 2.02. The SMILES string of the molecule is O=C([O-])CCC(C(=O)O)N(CC(=O)O)CC(=O)O.[K+].[K+].[Zn]. The Morgan fingerprint density at radius 3 is 1.57 bits per heavy atom. The molecule has 0 aliphatic rings. The predicted octanol–water partition coefficient (Wildman–Crippen LogP) is -8.55. The molecule has 0 aromatic heterocycles. The summed E-state index contributed by atoms with van der Waals surface area (Å²) >= 11 is 0. The van der Waals surface area contributed by atoms with Crippen molar-refractivity contribution in [1.82, 2.24) is 4.90 Å². The van der Waals surface area contributed by atoms with Gasteiger partial charge in [-0.2, -0.15) is 0 Å². The van der Waals surface area contributed by atoms with Crippen molar-refractivity contribution in [2.75, 3.05) is 13.1 Å². The molecule has 0 aliphatic carbocycles. The van der Waals surface area contributed by atoms with Gasteiger partial charge in [0.2, 0.25) is 0 Å². The van der Waals surface area contributed by atoms with Crippen LogP contribution in [0.15, 0.2) is 0 Å². The van der Waals surface area contributed by atoms with Gasteiger partial charge in [-0.05, 0) is 12.8 Å². The molecule has 0 aromatic carbocycles. The molecule has 0 bridgehead atoms. The standard InChI is InChI=1S/C9H13NO8.2K.Zn/c11-6(12)2-1-5(9(17)18)10(3-7(13)14)4-8(15)16;;;/h5H,1-4H2,(H,11,12)(H,13,14)(H,15,16)(H,17,18);;;/q;2*+1;/p-1. The average Bonchev–Trinajstić information content (AvgIpc) is 2.14. The van der Waals surface area contributed by atoms with Crippen LogP contribution in [0.2, 0.25) is 0 Å². The van der Waals surface area contributed by atoms with Crippen LogP contribution in [0.1, 0.15) is 12.8 Å². The molecule has 0 saturated heterocycles. The summed E-state index contributed by atoms with van der Waals surface area (Å²) in [6.45, 7) is -1.62. The maximum atomic E-state index is 10.9. The van der Waals surface area contributed by atoms with Crippen molar-refractivity contribution < 1.29 is 162 Å². The molecule has 12 heteroatoms. The zero-order valence-electron chi connectivity index (χ0n) is 11.9. The summed E-state index contributed by atoms with van der Waals surface area (Å²) in [5.74, 6) is -5.79. The monoisotopic (exact) mass is 404 g/mol. The molecule has 3 N–H and O–H groups in total. The molecule has 0 heterocycles. The van der Waals surface area contributed by atoms with Crippen molar-refractivity contribution >= 4 is 23.9 Å². The smallest absolute Gasteiger partial charge is 0.550 e. The van der Waals surface area contributed by atoms with E-state index in [1.165, 1.54) is 0 Å². The largest absolute Gasteiger partial charge is 1.00 e. The zero-order chi connectivity index (χ0) is 14.3. The first-order valence-corrected chi connectivity index (χ1v) is 4.84. The van der Waals surface area contributed by atoms with Gasteiger partial charge in [-0.1, -0.05) is 0 Å². The van der Waals surface area contributed by atoms with Crippen molar-refractivity contribution in [3.63, 3.8) is 0 Å². The molecular formula is C9H12K2NO8Zn+. The Morgan fingerprint density at radius 2 is 1.33 bits per heavy atom. The Balaban J connectivity index is -0.000000482. The molecule has 9 nitrogen and oxygen atoms in total. The first kappa shape index (κ1) is 30.6. The van der Waals surface area contributed by atoms with Crippen LogP contribution >= 0.6 is 0 Å². The van der Waals surface area contributed by atoms with E-state index in [0.29, 0.717) is 4.90 Å². The molecule has 0 aromatic rings. The number of hydrogen-bond donors (Lipinski definition) is 3. The number of rotatable bonds is 9. The van der Waals surface area contributed by atoms with Gasteiger partial charge in [0.25, 0.3) is 0 Å². The fourth-order valence-corrected chi connectivity index (χ4v) is 1.34. The quantitative estimate of drug-likeness (QED) is 0.317. The molecule has 0 aliphatic heterocycles. The van der Waals surface area contributed by atoms with E-state index in [-0.39, 0.29) is 122 Å². The van der Waals surface area contributed by atoms with E-state index in [0.717, 1.165) is 0 Å². The molecular weight excluding hydrogens is 394 g/mol. The second kappa shape index (κ2) is 16.6. The van der Waals surface area contributed by atoms with E-state index < -0.39 is 55.9 Å². The topological polar surface area (TPSA) is 155 Å². The van der Waals surface area contributed by atoms with Gasteiger partial charge in [-0.15, -0.1) is 0 Å². The Labute approximate surface area is 218 Å². The Bertz CT molecular complexity index is 352. The van der Waals surface area contributed by atoms with Crippen LogP contribution in [-0.4, -0.2) is 63.2 Å². The summed E-state index contributed by atoms with van der Waals surface area (Å²) in [5, 5.41) is 36.2. The average molecular weight is 406 g/mol. The van der Waals surface area contributed by atoms with Crippen molar-refractivity contribution in [2.45, 2.75) is 18.9 Å². The number of carboxylic acid groups (broad SMARTS) is 4. The van der Waals surface area contributed by atoms with Crippen LogP contribution in [-0.2, 0) is 38.7 Å². The van der Waals surface area contributed by atoms with Crippen LogP contribution < -0.4 is 108 Å². The molecule has 0 saturated carbocycles. The van der Waals surface area contributed by atoms with Gasteiger partial charge >= 0.3 is 121 Å². The Hall–Kier alpha value is 1.74. The first-order valence-electron chi connectivity index (χ1n) is 4.84. The molecule has 0 radical (unpaired) electrons. The van der Waals surface area contributed by atoms with Gasteiger partial charge in [0.1, 0.15) is 6.04 Å². The molecule has 21 heavy (non-hydrogen) atoms. The zero-order valence-corrected chi connectivity index (χ0v) is 21.2. The number of hydrogen-bond acceptors (Lipinski definition) is 6. The molecule has 0 fully saturated rings. The molecule has 0 spiro atoms. The van der Waals surface area contributed by atoms with Crippen LogP contribution in [0.5, 0.6) is 0 Å². The van der Waals surface area contributed by atoms with Crippen LogP contribution in [0.25, 0.3) is 0 Å². The summed E-state index contributed by atoms with van der Waals surface area (Å²) in [4.78, 5) is 42.8. The van der Waals surface area contributed by atoms with E-state index in [1.807, 2.05) is 0 Å². The summed E-state index contributed by atoms with van der Waals surface area (Å²) in [6, 6.07) is -1.50. The fourth-order valence-electron chi connectivity index (χ4n) is 1.34. The van der Waals surface area contributed by atoms with Crippen molar-refractivity contribution in [3.05, 3.63) is 0 Å². The minimum atomic E-state index is -1.50. The predicted molar refractivity (Wildman–Crippen MR) is 52.5 cm³/mol. The van der Waals surface area contributed by atoms with E-state index >= 15 is 0 Å².